The number of aryl methyl sites for hydroxylation is 1. The van der Waals surface area contributed by atoms with Gasteiger partial charge >= 0.3 is 0 Å². The lowest BCUT2D eigenvalue weighted by molar-refractivity contribution is 0.0726. The minimum atomic E-state index is 0.0715. The number of likely N-dealkylation sites (N-methyl/N-ethyl adjacent to an activating group) is 1. The molecular weight excluding hydrogens is 526 g/mol. The van der Waals surface area contributed by atoms with Gasteiger partial charge in [0, 0.05) is 57.2 Å². The van der Waals surface area contributed by atoms with Crippen molar-refractivity contribution < 1.29 is 4.79 Å². The first kappa shape index (κ1) is 26.6. The summed E-state index contributed by atoms with van der Waals surface area (Å²) in [6.07, 6.45) is 15.9. The van der Waals surface area contributed by atoms with Gasteiger partial charge in [0.25, 0.3) is 5.91 Å². The van der Waals surface area contributed by atoms with E-state index in [0.717, 1.165) is 111 Å². The van der Waals surface area contributed by atoms with E-state index in [4.69, 9.17) is 15.0 Å². The Morgan fingerprint density at radius 3 is 2.57 bits per heavy atom. The minimum absolute atomic E-state index is 0.0715. The molecule has 7 rings (SSSR count). The second-order valence-electron chi connectivity index (χ2n) is 11.5. The summed E-state index contributed by atoms with van der Waals surface area (Å²) in [6.45, 7) is 5.72. The number of allylic oxidation sites excluding steroid dienone is 1. The number of aromatic nitrogens is 5. The van der Waals surface area contributed by atoms with Crippen LogP contribution in [0.1, 0.15) is 59.3 Å². The number of piperidine rings is 1. The molecule has 1 N–H and O–H groups in total. The molecule has 0 saturated carbocycles. The number of carbonyl (C=O) groups is 1. The molecule has 4 aromatic heterocycles. The van der Waals surface area contributed by atoms with Crippen LogP contribution in [0.4, 0.5) is 17.5 Å². The van der Waals surface area contributed by atoms with Crippen LogP contribution in [0.15, 0.2) is 55.1 Å². The standard InChI is InChI=1S/C32H37N9O/c1-38-15-17-39(18-16-38)30-10-9-24(20-33-30)36-32-34-21-26-25(7-3-4-8-28(26)37-32)23-11-14-41-29(19-23)27(22-35-41)31(42)40-12-5-2-6-13-40/h7,9-11,14,19-22H,2-6,8,12-13,15-18H2,1H3,(H,34,36,37). The van der Waals surface area contributed by atoms with E-state index in [1.165, 1.54) is 6.42 Å². The van der Waals surface area contributed by atoms with E-state index < -0.39 is 0 Å². The zero-order valence-electron chi connectivity index (χ0n) is 24.2. The van der Waals surface area contributed by atoms with E-state index in [1.54, 1.807) is 10.7 Å². The smallest absolute Gasteiger partial charge is 0.257 e. The number of nitrogens with zero attached hydrogens (tertiary/aromatic N) is 8. The molecule has 0 unspecified atom stereocenters. The van der Waals surface area contributed by atoms with E-state index in [-0.39, 0.29) is 5.91 Å². The molecule has 2 aliphatic heterocycles. The molecule has 0 radical (unpaired) electrons. The van der Waals surface area contributed by atoms with Gasteiger partial charge in [0.15, 0.2) is 0 Å². The van der Waals surface area contributed by atoms with Gasteiger partial charge in [-0.15, -0.1) is 0 Å². The molecule has 0 spiro atoms. The Hall–Kier alpha value is -4.31. The first-order valence-electron chi connectivity index (χ1n) is 15.1. The maximum Gasteiger partial charge on any atom is 0.257 e. The Balaban J connectivity index is 1.12. The van der Waals surface area contributed by atoms with Crippen molar-refractivity contribution >= 4 is 34.5 Å². The van der Waals surface area contributed by atoms with Crippen molar-refractivity contribution in [1.29, 1.82) is 0 Å². The third-order valence-electron chi connectivity index (χ3n) is 8.66. The summed E-state index contributed by atoms with van der Waals surface area (Å²) in [7, 11) is 2.16. The molecule has 10 nitrogen and oxygen atoms in total. The lowest BCUT2D eigenvalue weighted by Gasteiger charge is -2.33. The number of piperazine rings is 1. The Morgan fingerprint density at radius 1 is 0.905 bits per heavy atom. The largest absolute Gasteiger partial charge is 0.354 e. The molecule has 0 atom stereocenters. The molecule has 216 valence electrons. The van der Waals surface area contributed by atoms with E-state index in [0.29, 0.717) is 11.5 Å². The molecule has 42 heavy (non-hydrogen) atoms. The average Bonchev–Trinajstić information content (AvgIpc) is 3.34. The lowest BCUT2D eigenvalue weighted by Crippen LogP contribution is -2.44. The number of hydrogen-bond acceptors (Lipinski definition) is 8. The molecule has 10 heteroatoms. The Morgan fingerprint density at radius 2 is 1.76 bits per heavy atom. The highest BCUT2D eigenvalue weighted by Gasteiger charge is 2.23. The molecule has 2 fully saturated rings. The first-order valence-corrected chi connectivity index (χ1v) is 15.1. The van der Waals surface area contributed by atoms with Gasteiger partial charge in [0.2, 0.25) is 5.95 Å². The first-order chi connectivity index (χ1) is 20.6. The molecule has 2 saturated heterocycles. The highest BCUT2D eigenvalue weighted by Crippen LogP contribution is 2.32. The van der Waals surface area contributed by atoms with Crippen molar-refractivity contribution in [2.24, 2.45) is 0 Å². The topological polar surface area (TPSA) is 94.8 Å². The number of pyridine rings is 2. The summed E-state index contributed by atoms with van der Waals surface area (Å²) in [5.74, 6) is 1.65. The third kappa shape index (κ3) is 5.34. The fraction of sp³-hybridized carbons (Fsp3) is 0.406. The van der Waals surface area contributed by atoms with Gasteiger partial charge < -0.3 is 20.0 Å². The lowest BCUT2D eigenvalue weighted by atomic mass is 9.98. The van der Waals surface area contributed by atoms with Gasteiger partial charge in [-0.2, -0.15) is 5.10 Å². The number of anilines is 3. The number of nitrogens with one attached hydrogen (secondary N) is 1. The maximum absolute atomic E-state index is 13.3. The van der Waals surface area contributed by atoms with Gasteiger partial charge in [-0.1, -0.05) is 6.08 Å². The molecule has 3 aliphatic rings. The summed E-state index contributed by atoms with van der Waals surface area (Å²) in [6, 6.07) is 8.26. The molecule has 6 heterocycles. The molecular formula is C32H37N9O. The predicted molar refractivity (Wildman–Crippen MR) is 164 cm³/mol. The van der Waals surface area contributed by atoms with Crippen molar-refractivity contribution in [3.05, 3.63) is 77.5 Å². The number of carbonyl (C=O) groups excluding carboxylic acids is 1. The van der Waals surface area contributed by atoms with Crippen LogP contribution < -0.4 is 10.2 Å². The van der Waals surface area contributed by atoms with Crippen LogP contribution in [0.25, 0.3) is 11.1 Å². The SMILES string of the molecule is CN1CCN(c2ccc(Nc3ncc4c(n3)CCCC=C4c3ccn4ncc(C(=O)N5CCCCC5)c4c3)cn2)CC1. The number of likely N-dealkylation sites (tertiary alicyclic amines) is 1. The minimum Gasteiger partial charge on any atom is -0.354 e. The summed E-state index contributed by atoms with van der Waals surface area (Å²) >= 11 is 0. The molecule has 0 aromatic carbocycles. The van der Waals surface area contributed by atoms with Crippen molar-refractivity contribution in [1.82, 2.24) is 34.4 Å². The molecule has 0 bridgehead atoms. The quantitative estimate of drug-likeness (QED) is 0.382. The predicted octanol–water partition coefficient (Wildman–Crippen LogP) is 4.41. The van der Waals surface area contributed by atoms with Gasteiger partial charge in [-0.3, -0.25) is 4.79 Å². The summed E-state index contributed by atoms with van der Waals surface area (Å²) in [5, 5.41) is 7.83. The van der Waals surface area contributed by atoms with Gasteiger partial charge in [0.1, 0.15) is 5.82 Å². The number of hydrogen-bond donors (Lipinski definition) is 1. The van der Waals surface area contributed by atoms with Crippen molar-refractivity contribution in [2.45, 2.75) is 38.5 Å². The van der Waals surface area contributed by atoms with E-state index in [2.05, 4.69) is 51.5 Å². The Bertz CT molecular complexity index is 1610. The van der Waals surface area contributed by atoms with Crippen molar-refractivity contribution in [2.75, 3.05) is 56.5 Å². The fourth-order valence-electron chi connectivity index (χ4n) is 6.18. The zero-order chi connectivity index (χ0) is 28.5. The molecule has 4 aromatic rings. The second kappa shape index (κ2) is 11.5. The third-order valence-corrected chi connectivity index (χ3v) is 8.66. The van der Waals surface area contributed by atoms with Crippen LogP contribution in [-0.4, -0.2) is 86.6 Å². The van der Waals surface area contributed by atoms with Gasteiger partial charge in [-0.25, -0.2) is 19.5 Å². The van der Waals surface area contributed by atoms with Crippen LogP contribution in [0.5, 0.6) is 0 Å². The summed E-state index contributed by atoms with van der Waals surface area (Å²) < 4.78 is 1.80. The molecule has 1 aliphatic carbocycles. The normalized spacial score (nSPS) is 18.0. The van der Waals surface area contributed by atoms with Gasteiger partial charge in [0.05, 0.1) is 34.9 Å². The second-order valence-corrected chi connectivity index (χ2v) is 11.5. The number of amides is 1. The number of fused-ring (bicyclic) bond motifs is 2. The average molecular weight is 564 g/mol. The van der Waals surface area contributed by atoms with Crippen LogP contribution in [0, 0.1) is 0 Å². The van der Waals surface area contributed by atoms with Crippen LogP contribution in [-0.2, 0) is 6.42 Å². The Kier molecular flexibility index (Phi) is 7.29. The van der Waals surface area contributed by atoms with Crippen LogP contribution >= 0.6 is 0 Å². The van der Waals surface area contributed by atoms with Crippen LogP contribution in [0.3, 0.4) is 0 Å². The highest BCUT2D eigenvalue weighted by atomic mass is 16.2. The van der Waals surface area contributed by atoms with Gasteiger partial charge in [-0.05, 0) is 81.0 Å². The monoisotopic (exact) mass is 563 g/mol. The van der Waals surface area contributed by atoms with Crippen molar-refractivity contribution in [3.63, 3.8) is 0 Å². The highest BCUT2D eigenvalue weighted by molar-refractivity contribution is 6.01. The van der Waals surface area contributed by atoms with Crippen LogP contribution in [0.2, 0.25) is 0 Å². The zero-order valence-corrected chi connectivity index (χ0v) is 24.2. The maximum atomic E-state index is 13.3. The summed E-state index contributed by atoms with van der Waals surface area (Å²) in [4.78, 5) is 34.3. The Labute approximate surface area is 246 Å². The fourth-order valence-corrected chi connectivity index (χ4v) is 6.18. The summed E-state index contributed by atoms with van der Waals surface area (Å²) in [5.41, 5.74) is 6.58. The number of rotatable bonds is 5. The molecule has 1 amide bonds. The van der Waals surface area contributed by atoms with E-state index >= 15 is 0 Å². The van der Waals surface area contributed by atoms with E-state index in [1.807, 2.05) is 29.6 Å². The van der Waals surface area contributed by atoms with Crippen molar-refractivity contribution in [3.8, 4) is 0 Å². The van der Waals surface area contributed by atoms with E-state index in [9.17, 15) is 4.79 Å².